The summed E-state index contributed by atoms with van der Waals surface area (Å²) in [6, 6.07) is 0. The zero-order valence-corrected chi connectivity index (χ0v) is 2.67. The van der Waals surface area contributed by atoms with Gasteiger partial charge in [0.25, 0.3) is 0 Å². The molecule has 0 rings (SSSR count). The van der Waals surface area contributed by atoms with Crippen LogP contribution in [-0.4, -0.2) is 5.26 Å². The van der Waals surface area contributed by atoms with Gasteiger partial charge in [-0.2, -0.15) is 0 Å². The molecular formula is C2HO4-. The van der Waals surface area contributed by atoms with Crippen molar-refractivity contribution in [2.75, 3.05) is 0 Å². The molecule has 0 unspecified atom stereocenters. The normalized spacial score (nSPS) is 6.67. The van der Waals surface area contributed by atoms with E-state index in [4.69, 9.17) is 11.7 Å². The van der Waals surface area contributed by atoms with Gasteiger partial charge in [0.1, 0.15) is 0 Å². The van der Waals surface area contributed by atoms with E-state index in [0.717, 1.165) is 0 Å². The average Bonchev–Trinajstić information content (AvgIpc) is 1.61. The van der Waals surface area contributed by atoms with Crippen LogP contribution in [0.15, 0.2) is 0 Å². The average molecular weight is 89.0 g/mol. The van der Waals surface area contributed by atoms with Crippen molar-refractivity contribution >= 4 is 0 Å². The largest absolute Gasteiger partial charge is 0.644 e. The first-order valence-corrected chi connectivity index (χ1v) is 0.970. The Morgan fingerprint density at radius 3 is 2.50 bits per heavy atom. The second-order valence-corrected chi connectivity index (χ2v) is 0.328. The zero-order valence-electron chi connectivity index (χ0n) is 2.67. The third-order valence-corrected chi connectivity index (χ3v) is 0.106. The lowest BCUT2D eigenvalue weighted by atomic mass is 11.3. The summed E-state index contributed by atoms with van der Waals surface area (Å²) < 4.78 is 0. The fraction of sp³-hybridized carbons (Fsp3) is 0. The van der Waals surface area contributed by atoms with Crippen LogP contribution in [0.5, 0.6) is 0 Å². The molecule has 0 aliphatic carbocycles. The van der Waals surface area contributed by atoms with Crippen LogP contribution < -0.4 is 0 Å². The summed E-state index contributed by atoms with van der Waals surface area (Å²) in [5.41, 5.74) is 0. The van der Waals surface area contributed by atoms with Crippen LogP contribution in [0.25, 0.3) is 0 Å². The molecule has 0 radical (unpaired) electrons. The smallest absolute Gasteiger partial charge is 0.0234 e. The fourth-order valence-corrected chi connectivity index (χ4v) is 0.0322. The van der Waals surface area contributed by atoms with Gasteiger partial charge in [0.15, 0.2) is 0 Å². The van der Waals surface area contributed by atoms with E-state index in [1.807, 2.05) is 0 Å². The Bertz CT molecular complexity index is 53.1. The summed E-state index contributed by atoms with van der Waals surface area (Å²) in [5, 5.41) is 13.3. The molecule has 6 heavy (non-hydrogen) atoms. The maximum absolute atomic E-state index is 7.23. The van der Waals surface area contributed by atoms with E-state index in [-0.39, 0.29) is 0 Å². The first-order chi connectivity index (χ1) is 2.91. The lowest BCUT2D eigenvalue weighted by Gasteiger charge is -1.87. The standard InChI is InChI=1S/C2HO4/c1-2-4-6-5-3/h3H/q-1. The van der Waals surface area contributed by atoms with Gasteiger partial charge >= 0.3 is 0 Å². The Hall–Kier alpha value is -0.760. The Kier molecular flexibility index (Phi) is 3.70. The minimum absolute atomic E-state index is 1.31. The summed E-state index contributed by atoms with van der Waals surface area (Å²) in [7, 11) is 0. The molecule has 0 heterocycles. The van der Waals surface area contributed by atoms with Gasteiger partial charge in [-0.3, -0.25) is 4.89 Å². The van der Waals surface area contributed by atoms with E-state index in [9.17, 15) is 0 Å². The highest BCUT2D eigenvalue weighted by molar-refractivity contribution is 4.48. The molecular weight excluding hydrogens is 88.0 g/mol. The SMILES string of the molecule is [C-]#COOOO. The summed E-state index contributed by atoms with van der Waals surface area (Å²) in [6.07, 6.45) is 7.23. The Labute approximate surface area is 34.0 Å². The van der Waals surface area contributed by atoms with E-state index < -0.39 is 0 Å². The molecule has 0 atom stereocenters. The van der Waals surface area contributed by atoms with Crippen LogP contribution in [0.3, 0.4) is 0 Å². The monoisotopic (exact) mass is 89.0 g/mol. The van der Waals surface area contributed by atoms with Gasteiger partial charge in [-0.1, -0.05) is 6.11 Å². The fourth-order valence-electron chi connectivity index (χ4n) is 0.0322. The highest BCUT2D eigenvalue weighted by atomic mass is 17.6. The minimum atomic E-state index is 1.31. The van der Waals surface area contributed by atoms with Crippen molar-refractivity contribution in [3.05, 3.63) is 6.42 Å². The zero-order chi connectivity index (χ0) is 4.83. The maximum Gasteiger partial charge on any atom is 0.0234 e. The second kappa shape index (κ2) is 4.24. The van der Waals surface area contributed by atoms with E-state index >= 15 is 0 Å². The molecule has 4 nitrogen and oxygen atoms in total. The first kappa shape index (κ1) is 5.24. The van der Waals surface area contributed by atoms with Gasteiger partial charge in [-0.05, 0) is 5.04 Å². The second-order valence-electron chi connectivity index (χ2n) is 0.328. The summed E-state index contributed by atoms with van der Waals surface area (Å²) >= 11 is 0. The first-order valence-electron chi connectivity index (χ1n) is 0.970. The van der Waals surface area contributed by atoms with Gasteiger partial charge in [0, 0.05) is 5.04 Å². The molecule has 0 amide bonds. The topological polar surface area (TPSA) is 47.9 Å². The van der Waals surface area contributed by atoms with Gasteiger partial charge in [0.05, 0.1) is 0 Å². The summed E-state index contributed by atoms with van der Waals surface area (Å²) in [4.78, 5) is 3.43. The third kappa shape index (κ3) is 3.24. The maximum atomic E-state index is 7.23. The van der Waals surface area contributed by atoms with Crippen molar-refractivity contribution in [1.29, 1.82) is 0 Å². The summed E-state index contributed by atoms with van der Waals surface area (Å²) in [5.74, 6) is 0. The van der Waals surface area contributed by atoms with E-state index in [0.29, 0.717) is 0 Å². The molecule has 0 aromatic carbocycles. The van der Waals surface area contributed by atoms with Crippen molar-refractivity contribution in [3.63, 3.8) is 0 Å². The lowest BCUT2D eigenvalue weighted by molar-refractivity contribution is -0.605. The van der Waals surface area contributed by atoms with E-state index in [1.54, 1.807) is 0 Å². The van der Waals surface area contributed by atoms with Crippen molar-refractivity contribution in [3.8, 4) is 6.11 Å². The quantitative estimate of drug-likeness (QED) is 0.168. The van der Waals surface area contributed by atoms with E-state index in [2.05, 4.69) is 15.0 Å². The van der Waals surface area contributed by atoms with Gasteiger partial charge in [0.2, 0.25) is 0 Å². The minimum Gasteiger partial charge on any atom is -0.644 e. The van der Waals surface area contributed by atoms with Crippen LogP contribution in [0, 0.1) is 12.5 Å². The Balaban J connectivity index is 2.54. The van der Waals surface area contributed by atoms with Gasteiger partial charge < -0.3 is 6.42 Å². The van der Waals surface area contributed by atoms with Crippen molar-refractivity contribution < 1.29 is 20.2 Å². The predicted molar refractivity (Wildman–Crippen MR) is 13.0 cm³/mol. The molecule has 0 fully saturated rings. The number of hydrogen-bond donors (Lipinski definition) is 1. The van der Waals surface area contributed by atoms with Crippen molar-refractivity contribution in [1.82, 2.24) is 0 Å². The molecule has 0 aromatic heterocycles. The lowest BCUT2D eigenvalue weighted by Crippen LogP contribution is -1.83. The van der Waals surface area contributed by atoms with Crippen LogP contribution in [0.1, 0.15) is 0 Å². The number of hydrogen-bond acceptors (Lipinski definition) is 4. The molecule has 1 N–H and O–H groups in total. The third-order valence-electron chi connectivity index (χ3n) is 0.106. The summed E-state index contributed by atoms with van der Waals surface area (Å²) in [6.45, 7) is 0. The Morgan fingerprint density at radius 1 is 1.67 bits per heavy atom. The molecule has 4 heteroatoms. The van der Waals surface area contributed by atoms with Crippen LogP contribution in [-0.2, 0) is 15.0 Å². The van der Waals surface area contributed by atoms with Crippen molar-refractivity contribution in [2.24, 2.45) is 0 Å². The van der Waals surface area contributed by atoms with E-state index in [1.165, 1.54) is 6.11 Å². The highest BCUT2D eigenvalue weighted by Crippen LogP contribution is 1.68. The molecule has 0 aliphatic heterocycles. The number of rotatable bonds is 2. The van der Waals surface area contributed by atoms with Gasteiger partial charge in [-0.25, -0.2) is 5.26 Å². The van der Waals surface area contributed by atoms with Crippen LogP contribution >= 0.6 is 0 Å². The van der Waals surface area contributed by atoms with Crippen molar-refractivity contribution in [2.45, 2.75) is 0 Å². The molecule has 0 spiro atoms. The molecule has 0 saturated heterocycles. The predicted octanol–water partition coefficient (Wildman–Crippen LogP) is -0.114. The van der Waals surface area contributed by atoms with Gasteiger partial charge in [-0.15, -0.1) is 0 Å². The molecule has 34 valence electrons. The van der Waals surface area contributed by atoms with Crippen LogP contribution in [0.4, 0.5) is 0 Å². The molecule has 0 aliphatic rings. The molecule has 0 bridgehead atoms. The van der Waals surface area contributed by atoms with Crippen LogP contribution in [0.2, 0.25) is 0 Å². The molecule has 0 aromatic rings. The molecule has 0 saturated carbocycles. The Morgan fingerprint density at radius 2 is 2.33 bits per heavy atom. The highest BCUT2D eigenvalue weighted by Gasteiger charge is 1.65.